The molecule has 0 spiro atoms. The molecule has 1 amide bonds. The highest BCUT2D eigenvalue weighted by Crippen LogP contribution is 2.24. The van der Waals surface area contributed by atoms with Crippen LogP contribution in [0.5, 0.6) is 0 Å². The van der Waals surface area contributed by atoms with Gasteiger partial charge in [-0.3, -0.25) is 4.79 Å². The van der Waals surface area contributed by atoms with Gasteiger partial charge in [-0.25, -0.2) is 0 Å². The fourth-order valence-electron chi connectivity index (χ4n) is 1.78. The minimum atomic E-state index is -0.300. The van der Waals surface area contributed by atoms with Crippen molar-refractivity contribution in [3.05, 3.63) is 35.2 Å². The van der Waals surface area contributed by atoms with E-state index in [0.29, 0.717) is 13.0 Å². The van der Waals surface area contributed by atoms with Crippen LogP contribution in [-0.2, 0) is 0 Å². The normalized spacial score (nSPS) is 12.6. The monoisotopic (exact) mass is 263 g/mol. The van der Waals surface area contributed by atoms with Crippen LogP contribution in [0.1, 0.15) is 29.4 Å². The zero-order chi connectivity index (χ0) is 13.0. The van der Waals surface area contributed by atoms with Gasteiger partial charge in [0.15, 0.2) is 0 Å². The van der Waals surface area contributed by atoms with Crippen molar-refractivity contribution in [2.75, 3.05) is 6.54 Å². The van der Waals surface area contributed by atoms with E-state index >= 15 is 0 Å². The van der Waals surface area contributed by atoms with E-state index < -0.39 is 0 Å². The lowest BCUT2D eigenvalue weighted by molar-refractivity contribution is 0.0954. The topological polar surface area (TPSA) is 49.3 Å². The van der Waals surface area contributed by atoms with Gasteiger partial charge in [0.05, 0.1) is 11.0 Å². The summed E-state index contributed by atoms with van der Waals surface area (Å²) in [6.07, 6.45) is 1.22. The van der Waals surface area contributed by atoms with Crippen LogP contribution in [0.2, 0.25) is 0 Å². The lowest BCUT2D eigenvalue weighted by Crippen LogP contribution is -2.24. The first-order valence-corrected chi connectivity index (χ1v) is 6.93. The SMILES string of the molecule is CC(O)CCCNC(=O)c1cc2ccccc2s1. The fourth-order valence-corrected chi connectivity index (χ4v) is 2.76. The molecule has 1 heterocycles. The summed E-state index contributed by atoms with van der Waals surface area (Å²) in [5.74, 6) is -0.0261. The summed E-state index contributed by atoms with van der Waals surface area (Å²) in [5, 5.41) is 13.1. The number of hydrogen-bond donors (Lipinski definition) is 2. The van der Waals surface area contributed by atoms with Crippen LogP contribution in [-0.4, -0.2) is 23.7 Å². The Morgan fingerprint density at radius 1 is 1.44 bits per heavy atom. The number of hydrogen-bond acceptors (Lipinski definition) is 3. The Kier molecular flexibility index (Phi) is 4.33. The highest BCUT2D eigenvalue weighted by Gasteiger charge is 2.09. The molecule has 2 N–H and O–H groups in total. The molecule has 1 atom stereocenters. The second kappa shape index (κ2) is 5.98. The smallest absolute Gasteiger partial charge is 0.261 e. The average Bonchev–Trinajstić information content (AvgIpc) is 2.78. The number of thiophene rings is 1. The molecule has 1 aromatic heterocycles. The van der Waals surface area contributed by atoms with Crippen molar-refractivity contribution in [1.29, 1.82) is 0 Å². The predicted octanol–water partition coefficient (Wildman–Crippen LogP) is 2.79. The van der Waals surface area contributed by atoms with Gasteiger partial charge in [0.25, 0.3) is 5.91 Å². The molecule has 1 aromatic carbocycles. The molecule has 0 aliphatic rings. The Morgan fingerprint density at radius 2 is 2.22 bits per heavy atom. The summed E-state index contributed by atoms with van der Waals surface area (Å²) in [4.78, 5) is 12.6. The van der Waals surface area contributed by atoms with Crippen LogP contribution in [0.25, 0.3) is 10.1 Å². The molecular weight excluding hydrogens is 246 g/mol. The number of aliphatic hydroxyl groups excluding tert-OH is 1. The van der Waals surface area contributed by atoms with Crippen molar-refractivity contribution in [1.82, 2.24) is 5.32 Å². The Labute approximate surface area is 110 Å². The summed E-state index contributed by atoms with van der Waals surface area (Å²) in [7, 11) is 0. The molecule has 0 aliphatic carbocycles. The van der Waals surface area contributed by atoms with E-state index in [2.05, 4.69) is 5.32 Å². The van der Waals surface area contributed by atoms with E-state index in [9.17, 15) is 4.79 Å². The number of benzene rings is 1. The molecular formula is C14H17NO2S. The van der Waals surface area contributed by atoms with Gasteiger partial charge in [-0.1, -0.05) is 18.2 Å². The van der Waals surface area contributed by atoms with Crippen molar-refractivity contribution in [2.24, 2.45) is 0 Å². The lowest BCUT2D eigenvalue weighted by Gasteiger charge is -2.04. The van der Waals surface area contributed by atoms with Gasteiger partial charge in [-0.2, -0.15) is 0 Å². The second-order valence-electron chi connectivity index (χ2n) is 4.40. The maximum absolute atomic E-state index is 11.9. The minimum absolute atomic E-state index is 0.0261. The molecule has 1 unspecified atom stereocenters. The number of amides is 1. The van der Waals surface area contributed by atoms with E-state index in [-0.39, 0.29) is 12.0 Å². The van der Waals surface area contributed by atoms with E-state index in [1.807, 2.05) is 30.3 Å². The fraction of sp³-hybridized carbons (Fsp3) is 0.357. The summed E-state index contributed by atoms with van der Waals surface area (Å²) in [6.45, 7) is 2.37. The van der Waals surface area contributed by atoms with Gasteiger partial charge in [-0.15, -0.1) is 11.3 Å². The summed E-state index contributed by atoms with van der Waals surface area (Å²) in [5.41, 5.74) is 0. The van der Waals surface area contributed by atoms with Crippen LogP contribution in [0.4, 0.5) is 0 Å². The van der Waals surface area contributed by atoms with Crippen molar-refractivity contribution in [2.45, 2.75) is 25.9 Å². The Hall–Kier alpha value is -1.39. The highest BCUT2D eigenvalue weighted by atomic mass is 32.1. The molecule has 0 fully saturated rings. The molecule has 0 saturated heterocycles. The van der Waals surface area contributed by atoms with E-state index in [0.717, 1.165) is 21.4 Å². The van der Waals surface area contributed by atoms with Crippen LogP contribution >= 0.6 is 11.3 Å². The number of nitrogens with one attached hydrogen (secondary N) is 1. The molecule has 2 rings (SSSR count). The molecule has 3 nitrogen and oxygen atoms in total. The third-order valence-corrected chi connectivity index (χ3v) is 3.85. The average molecular weight is 263 g/mol. The van der Waals surface area contributed by atoms with E-state index in [1.165, 1.54) is 11.3 Å². The minimum Gasteiger partial charge on any atom is -0.393 e. The maximum Gasteiger partial charge on any atom is 0.261 e. The molecule has 0 bridgehead atoms. The summed E-state index contributed by atoms with van der Waals surface area (Å²) in [6, 6.07) is 9.90. The number of carbonyl (C=O) groups is 1. The largest absolute Gasteiger partial charge is 0.393 e. The molecule has 0 saturated carbocycles. The predicted molar refractivity (Wildman–Crippen MR) is 75.1 cm³/mol. The van der Waals surface area contributed by atoms with Crippen molar-refractivity contribution < 1.29 is 9.90 Å². The van der Waals surface area contributed by atoms with E-state index in [4.69, 9.17) is 5.11 Å². The number of carbonyl (C=O) groups excluding carboxylic acids is 1. The number of fused-ring (bicyclic) bond motifs is 1. The Balaban J connectivity index is 1.92. The third kappa shape index (κ3) is 3.31. The standard InChI is InChI=1S/C14H17NO2S/c1-10(16)5-4-8-15-14(17)13-9-11-6-2-3-7-12(11)18-13/h2-3,6-7,9-10,16H,4-5,8H2,1H3,(H,15,17). The van der Waals surface area contributed by atoms with Gasteiger partial charge in [0.2, 0.25) is 0 Å². The first-order valence-electron chi connectivity index (χ1n) is 6.11. The molecule has 18 heavy (non-hydrogen) atoms. The zero-order valence-corrected chi connectivity index (χ0v) is 11.2. The first kappa shape index (κ1) is 13.1. The van der Waals surface area contributed by atoms with Gasteiger partial charge in [-0.05, 0) is 37.3 Å². The molecule has 0 aliphatic heterocycles. The summed E-state index contributed by atoms with van der Waals surface area (Å²) >= 11 is 1.51. The van der Waals surface area contributed by atoms with Gasteiger partial charge >= 0.3 is 0 Å². The molecule has 0 radical (unpaired) electrons. The first-order chi connectivity index (χ1) is 8.66. The van der Waals surface area contributed by atoms with Crippen molar-refractivity contribution in [3.8, 4) is 0 Å². The number of rotatable bonds is 5. The van der Waals surface area contributed by atoms with E-state index in [1.54, 1.807) is 6.92 Å². The third-order valence-electron chi connectivity index (χ3n) is 2.73. The van der Waals surface area contributed by atoms with Crippen molar-refractivity contribution in [3.63, 3.8) is 0 Å². The molecule has 2 aromatic rings. The van der Waals surface area contributed by atoms with Gasteiger partial charge in [0, 0.05) is 11.2 Å². The van der Waals surface area contributed by atoms with Crippen LogP contribution in [0.3, 0.4) is 0 Å². The maximum atomic E-state index is 11.9. The van der Waals surface area contributed by atoms with Crippen LogP contribution in [0, 0.1) is 0 Å². The quantitative estimate of drug-likeness (QED) is 0.815. The highest BCUT2D eigenvalue weighted by molar-refractivity contribution is 7.20. The molecule has 96 valence electrons. The van der Waals surface area contributed by atoms with Gasteiger partial charge in [0.1, 0.15) is 0 Å². The van der Waals surface area contributed by atoms with Crippen LogP contribution in [0.15, 0.2) is 30.3 Å². The van der Waals surface area contributed by atoms with Crippen molar-refractivity contribution >= 4 is 27.3 Å². The second-order valence-corrected chi connectivity index (χ2v) is 5.48. The van der Waals surface area contributed by atoms with Gasteiger partial charge < -0.3 is 10.4 Å². The summed E-state index contributed by atoms with van der Waals surface area (Å²) < 4.78 is 1.13. The number of aliphatic hydroxyl groups is 1. The molecule has 4 heteroatoms. The van der Waals surface area contributed by atoms with Crippen LogP contribution < -0.4 is 5.32 Å². The Morgan fingerprint density at radius 3 is 2.94 bits per heavy atom. The zero-order valence-electron chi connectivity index (χ0n) is 10.3. The lowest BCUT2D eigenvalue weighted by atomic mass is 10.2. The Bertz CT molecular complexity index is 500.